The average Bonchev–Trinajstić information content (AvgIpc) is 1.42. The molecule has 2 aromatic carbocycles. The molecule has 0 aliphatic carbocycles. The van der Waals surface area contributed by atoms with E-state index >= 15 is 0 Å². The Bertz CT molecular complexity index is 3450. The molecular formula is C86H146N14O22. The minimum Gasteiger partial charge on any atom is -0.445 e. The Morgan fingerprint density at radius 1 is 0.631 bits per heavy atom. The van der Waals surface area contributed by atoms with E-state index in [1.54, 1.807) is 109 Å². The smallest absolute Gasteiger partial charge is 0.410 e. The van der Waals surface area contributed by atoms with Gasteiger partial charge in [-0.2, -0.15) is 5.10 Å². The van der Waals surface area contributed by atoms with E-state index in [2.05, 4.69) is 68.1 Å². The third-order valence-corrected chi connectivity index (χ3v) is 20.5. The van der Waals surface area contributed by atoms with Crippen LogP contribution in [-0.2, 0) is 97.1 Å². The minimum atomic E-state index is -1.13. The van der Waals surface area contributed by atoms with E-state index < -0.39 is 126 Å². The largest absolute Gasteiger partial charge is 0.445 e. The molecule has 0 unspecified atom stereocenters. The summed E-state index contributed by atoms with van der Waals surface area (Å²) in [6.07, 6.45) is 0.618. The molecule has 36 nitrogen and oxygen atoms in total. The lowest BCUT2D eigenvalue weighted by Crippen LogP contribution is -2.60. The van der Waals surface area contributed by atoms with E-state index in [9.17, 15) is 53.1 Å². The summed E-state index contributed by atoms with van der Waals surface area (Å²) in [6.45, 7) is 30.4. The van der Waals surface area contributed by atoms with Crippen LogP contribution in [0.25, 0.3) is 0 Å². The van der Waals surface area contributed by atoms with Gasteiger partial charge in [0.05, 0.1) is 161 Å². The van der Waals surface area contributed by atoms with Gasteiger partial charge in [0.15, 0.2) is 0 Å². The molecule has 11 amide bonds. The number of nitrogens with two attached hydrogens (primary N) is 2. The van der Waals surface area contributed by atoms with E-state index in [1.807, 2.05) is 32.0 Å². The van der Waals surface area contributed by atoms with Crippen LogP contribution in [0.3, 0.4) is 0 Å². The van der Waals surface area contributed by atoms with Crippen molar-refractivity contribution in [1.29, 1.82) is 0 Å². The number of methoxy groups -OCH3 is 2. The van der Waals surface area contributed by atoms with Gasteiger partial charge in [-0.05, 0) is 85.0 Å². The first-order valence-electron chi connectivity index (χ1n) is 42.6. The van der Waals surface area contributed by atoms with Crippen molar-refractivity contribution in [2.24, 2.45) is 56.7 Å². The van der Waals surface area contributed by atoms with E-state index in [0.717, 1.165) is 0 Å². The molecule has 3 rings (SSSR count). The van der Waals surface area contributed by atoms with Crippen LogP contribution in [-0.4, -0.2) is 306 Å². The fourth-order valence-corrected chi connectivity index (χ4v) is 13.5. The number of likely N-dealkylation sites (N-methyl/N-ethyl adjacent to an activating group) is 2. The van der Waals surface area contributed by atoms with Crippen LogP contribution in [0.15, 0.2) is 64.7 Å². The monoisotopic (exact) mass is 1730 g/mol. The Balaban J connectivity index is 1.44. The molecule has 0 spiro atoms. The van der Waals surface area contributed by atoms with Gasteiger partial charge >= 0.3 is 12.1 Å². The second-order valence-corrected chi connectivity index (χ2v) is 32.6. The zero-order valence-corrected chi connectivity index (χ0v) is 75.4. The Kier molecular flexibility index (Phi) is 53.0. The topological polar surface area (TPSA) is 463 Å². The van der Waals surface area contributed by atoms with Gasteiger partial charge in [0.1, 0.15) is 36.5 Å². The van der Waals surface area contributed by atoms with Gasteiger partial charge < -0.3 is 116 Å². The molecule has 12 atom stereocenters. The highest BCUT2D eigenvalue weighted by molar-refractivity contribution is 6.31. The molecule has 692 valence electrons. The number of primary amides is 1. The molecule has 2 aromatic rings. The lowest BCUT2D eigenvalue weighted by atomic mass is 9.89. The molecule has 1 saturated heterocycles. The zero-order valence-electron chi connectivity index (χ0n) is 75.4. The highest BCUT2D eigenvalue weighted by Gasteiger charge is 2.44. The summed E-state index contributed by atoms with van der Waals surface area (Å²) >= 11 is 0. The highest BCUT2D eigenvalue weighted by atomic mass is 16.6. The molecule has 12 N–H and O–H groups in total. The van der Waals surface area contributed by atoms with Gasteiger partial charge in [0.2, 0.25) is 47.3 Å². The third kappa shape index (κ3) is 41.7. The third-order valence-electron chi connectivity index (χ3n) is 20.5. The number of nitrogens with zero attached hydrogens (tertiary/aromatic N) is 5. The average molecular weight is 1730 g/mol. The van der Waals surface area contributed by atoms with Gasteiger partial charge in [-0.3, -0.25) is 48.2 Å². The Morgan fingerprint density at radius 3 is 1.71 bits per heavy atom. The van der Waals surface area contributed by atoms with Crippen molar-refractivity contribution < 1.29 is 105 Å². The van der Waals surface area contributed by atoms with Crippen LogP contribution in [0, 0.1) is 35.0 Å². The number of hydrogen-bond donors (Lipinski definition) is 10. The fraction of sp³-hybridized carbons (Fsp3) is 0.721. The zero-order chi connectivity index (χ0) is 90.7. The highest BCUT2D eigenvalue weighted by Crippen LogP contribution is 2.31. The number of hydrazone groups is 1. The molecule has 1 fully saturated rings. The van der Waals surface area contributed by atoms with Gasteiger partial charge in [0, 0.05) is 72.7 Å². The fourth-order valence-electron chi connectivity index (χ4n) is 13.5. The number of aliphatic hydroxyl groups is 1. The number of aliphatic imine (C=N–C) groups is 1. The number of nitrogens with one attached hydrogen (secondary N) is 7. The summed E-state index contributed by atoms with van der Waals surface area (Å²) < 4.78 is 62.2. The van der Waals surface area contributed by atoms with Crippen molar-refractivity contribution in [2.45, 2.75) is 209 Å². The van der Waals surface area contributed by atoms with E-state index in [1.165, 1.54) is 32.4 Å². The second kappa shape index (κ2) is 60.1. The van der Waals surface area contributed by atoms with Gasteiger partial charge in [0.25, 0.3) is 0 Å². The maximum Gasteiger partial charge on any atom is 0.410 e. The number of carbonyl (C=O) groups is 10. The molecule has 0 aromatic heterocycles. The predicted molar refractivity (Wildman–Crippen MR) is 462 cm³/mol. The van der Waals surface area contributed by atoms with Crippen molar-refractivity contribution in [3.05, 3.63) is 65.7 Å². The van der Waals surface area contributed by atoms with Crippen LogP contribution in [0.2, 0.25) is 0 Å². The number of aliphatic hydroxyl groups excluding tert-OH is 1. The van der Waals surface area contributed by atoms with Crippen LogP contribution >= 0.6 is 0 Å². The summed E-state index contributed by atoms with van der Waals surface area (Å²) in [6, 6.07) is 8.64. The summed E-state index contributed by atoms with van der Waals surface area (Å²) in [5.41, 5.74) is 7.28. The normalized spacial score (nSPS) is 15.9. The number of ether oxygens (including phenoxy) is 11. The SMILES string of the molecule is CC[C@H](C)[C@@H]([C@@H](CC(=O)N1CCC[C@H]1[C@H](OC)[C@@H](C)C(=O)N[C@H](C)[C@@H](O)c1ccccc1)OC)N(C)C(=O)[C@@H](NC(=O)[C@H](C(C)C)N(C)C(=O)OCc1ccc(NC(=O)[C@H](CCCNC(N)=O)NC(=O)[C@@H](NC(=O)CCOCCOCCOCCOCC(C=NCCOCCOCCOCCOCCC(=O)NCC(C)(C)C)=NN)C(C)C)cc1)C(C)C. The Morgan fingerprint density at radius 2 is 1.19 bits per heavy atom. The quantitative estimate of drug-likeness (QED) is 0.0179. The predicted octanol–water partition coefficient (Wildman–Crippen LogP) is 5.05. The lowest BCUT2D eigenvalue weighted by Gasteiger charge is -2.41. The molecule has 36 heteroatoms. The molecule has 1 aliphatic rings. The number of likely N-dealkylation sites (tertiary alicyclic amines) is 1. The van der Waals surface area contributed by atoms with Crippen LogP contribution in [0.5, 0.6) is 0 Å². The van der Waals surface area contributed by atoms with E-state index in [4.69, 9.17) is 63.7 Å². The lowest BCUT2D eigenvalue weighted by molar-refractivity contribution is -0.148. The van der Waals surface area contributed by atoms with E-state index in [0.29, 0.717) is 134 Å². The second-order valence-electron chi connectivity index (χ2n) is 32.6. The Hall–Kier alpha value is -8.56. The molecule has 122 heavy (non-hydrogen) atoms. The Labute approximate surface area is 722 Å². The summed E-state index contributed by atoms with van der Waals surface area (Å²) in [5, 5.41) is 34.3. The molecule has 1 aliphatic heterocycles. The number of amides is 11. The molecule has 0 radical (unpaired) electrons. The summed E-state index contributed by atoms with van der Waals surface area (Å²) in [5.74, 6) is 0.0265. The summed E-state index contributed by atoms with van der Waals surface area (Å²) in [7, 11) is 6.08. The van der Waals surface area contributed by atoms with Crippen molar-refractivity contribution >= 4 is 77.0 Å². The number of hydrogen-bond acceptors (Lipinski definition) is 25. The first-order valence-corrected chi connectivity index (χ1v) is 42.6. The van der Waals surface area contributed by atoms with Gasteiger partial charge in [-0.15, -0.1) is 0 Å². The van der Waals surface area contributed by atoms with Crippen molar-refractivity contribution in [3.8, 4) is 0 Å². The summed E-state index contributed by atoms with van der Waals surface area (Å²) in [4.78, 5) is 145. The van der Waals surface area contributed by atoms with Crippen molar-refractivity contribution in [3.63, 3.8) is 0 Å². The molecule has 1 heterocycles. The number of urea groups is 1. The minimum absolute atomic E-state index is 0.0302. The molecular weight excluding hydrogens is 1580 g/mol. The van der Waals surface area contributed by atoms with Crippen LogP contribution in [0.4, 0.5) is 15.3 Å². The van der Waals surface area contributed by atoms with E-state index in [-0.39, 0.29) is 108 Å². The first-order chi connectivity index (χ1) is 58.1. The maximum atomic E-state index is 14.9. The van der Waals surface area contributed by atoms with Gasteiger partial charge in [-0.25, -0.2) is 9.59 Å². The number of rotatable bonds is 63. The molecule has 0 bridgehead atoms. The first kappa shape index (κ1) is 108. The number of carbonyl (C=O) groups excluding carboxylic acids is 10. The number of anilines is 1. The standard InChI is InChI=1S/C86H146N14O22/c1-18-60(8)76(69(112-16)52-72(103)100-36-23-27-68(100)78(113-17)61(9)79(105)92-62(10)77(104)64-24-20-19-21-25-64)98(14)83(109)74(58(4)5)96-82(108)75(59(6)7)99(15)85(111)122-54-63-28-30-65(31-29-63)93-80(106)67(26-22-34-90-84(87)110)94-81(107)73(57(2)3)95-71(102)33-38-115-41-44-118-48-49-120-50-51-121-55-66(97-88)53-89-35-39-116-42-45-119-47-46-117-43-40-114-37-32-70(101)91-56-86(11,12)13/h19-21,24-25,28-31,53,57-62,67-69,73-78,104H,18,22-23,26-27,32-52,54-56,88H2,1-17H3,(H,91,101)(H,92,105)(H,93,106)(H,94,107)(H,95,102)(H,96,108)(H3,87,90,110)/t60-,61+,62+,67-,68-,69+,73-,74-,75-,76-,77+,78+/m0/s1. The maximum absolute atomic E-state index is 14.9. The van der Waals surface area contributed by atoms with Crippen LogP contribution in [0.1, 0.15) is 159 Å². The van der Waals surface area contributed by atoms with Crippen molar-refractivity contribution in [1.82, 2.24) is 46.6 Å². The molecule has 0 saturated carbocycles. The van der Waals surface area contributed by atoms with Crippen molar-refractivity contribution in [2.75, 3.05) is 166 Å². The number of benzene rings is 2. The van der Waals surface area contributed by atoms with Crippen LogP contribution < -0.4 is 48.8 Å². The van der Waals surface area contributed by atoms with Gasteiger partial charge in [-0.1, -0.05) is 132 Å².